The molecule has 0 radical (unpaired) electrons. The Morgan fingerprint density at radius 3 is 2.89 bits per heavy atom. The maximum absolute atomic E-state index is 12.0. The highest BCUT2D eigenvalue weighted by Gasteiger charge is 2.10. The van der Waals surface area contributed by atoms with Crippen molar-refractivity contribution in [2.75, 3.05) is 0 Å². The van der Waals surface area contributed by atoms with E-state index in [2.05, 4.69) is 17.2 Å². The van der Waals surface area contributed by atoms with E-state index in [4.69, 9.17) is 12.2 Å². The lowest BCUT2D eigenvalue weighted by atomic mass is 10.1. The number of nitrogens with one attached hydrogen (secondary N) is 2. The van der Waals surface area contributed by atoms with Crippen LogP contribution in [0.4, 0.5) is 0 Å². The molecule has 0 fully saturated rings. The summed E-state index contributed by atoms with van der Waals surface area (Å²) in [5.41, 5.74) is 0.549. The first-order valence-corrected chi connectivity index (χ1v) is 7.04. The molecule has 0 unspecified atom stereocenters. The number of unbranched alkanes of at least 4 members (excludes halogenated alkanes) is 3. The van der Waals surface area contributed by atoms with Crippen LogP contribution in [0.2, 0.25) is 0 Å². The van der Waals surface area contributed by atoms with E-state index in [1.165, 1.54) is 19.3 Å². The van der Waals surface area contributed by atoms with E-state index in [0.717, 1.165) is 12.8 Å². The standard InChI is InChI=1S/C14H22N2OS/c1-3-4-5-6-8-11(2)16-13(17)12-9-7-10-15-14(12)18/h7,9-11H,3-6,8H2,1-2H3,(H,15,18)(H,16,17)/t11-/m0/s1. The van der Waals surface area contributed by atoms with Crippen molar-refractivity contribution in [3.63, 3.8) is 0 Å². The van der Waals surface area contributed by atoms with Crippen molar-refractivity contribution in [2.24, 2.45) is 0 Å². The topological polar surface area (TPSA) is 44.9 Å². The minimum Gasteiger partial charge on any atom is -0.352 e. The molecule has 100 valence electrons. The molecule has 1 rings (SSSR count). The van der Waals surface area contributed by atoms with Gasteiger partial charge in [-0.05, 0) is 25.5 Å². The molecule has 1 atom stereocenters. The number of carbonyl (C=O) groups excluding carboxylic acids is 1. The molecule has 1 heterocycles. The number of hydrogen-bond acceptors (Lipinski definition) is 2. The molecule has 0 aromatic carbocycles. The first-order chi connectivity index (χ1) is 8.65. The zero-order valence-electron chi connectivity index (χ0n) is 11.2. The van der Waals surface area contributed by atoms with Gasteiger partial charge in [-0.25, -0.2) is 0 Å². The van der Waals surface area contributed by atoms with Crippen LogP contribution in [0.1, 0.15) is 56.3 Å². The zero-order chi connectivity index (χ0) is 13.4. The van der Waals surface area contributed by atoms with Gasteiger partial charge >= 0.3 is 0 Å². The largest absolute Gasteiger partial charge is 0.352 e. The molecule has 1 aromatic heterocycles. The predicted molar refractivity (Wildman–Crippen MR) is 77.3 cm³/mol. The van der Waals surface area contributed by atoms with E-state index < -0.39 is 0 Å². The smallest absolute Gasteiger partial charge is 0.254 e. The molecule has 0 aliphatic rings. The van der Waals surface area contributed by atoms with Gasteiger partial charge in [-0.2, -0.15) is 0 Å². The first kappa shape index (κ1) is 14.9. The average molecular weight is 266 g/mol. The molecule has 1 aromatic rings. The van der Waals surface area contributed by atoms with Crippen molar-refractivity contribution in [3.05, 3.63) is 28.5 Å². The van der Waals surface area contributed by atoms with Crippen LogP contribution in [0.5, 0.6) is 0 Å². The summed E-state index contributed by atoms with van der Waals surface area (Å²) in [4.78, 5) is 14.8. The van der Waals surface area contributed by atoms with Gasteiger partial charge in [0.1, 0.15) is 4.64 Å². The number of rotatable bonds is 7. The summed E-state index contributed by atoms with van der Waals surface area (Å²) in [5.74, 6) is -0.0835. The highest BCUT2D eigenvalue weighted by atomic mass is 32.1. The number of amides is 1. The molecule has 0 saturated carbocycles. The van der Waals surface area contributed by atoms with Gasteiger partial charge in [0.05, 0.1) is 5.56 Å². The van der Waals surface area contributed by atoms with Crippen molar-refractivity contribution in [1.29, 1.82) is 0 Å². The third-order valence-electron chi connectivity index (χ3n) is 2.93. The molecule has 0 aliphatic carbocycles. The highest BCUT2D eigenvalue weighted by Crippen LogP contribution is 2.06. The fraction of sp³-hybridized carbons (Fsp3) is 0.571. The summed E-state index contributed by atoms with van der Waals surface area (Å²) in [5, 5.41) is 2.99. The number of H-pyrrole nitrogens is 1. The molecule has 0 saturated heterocycles. The van der Waals surface area contributed by atoms with Gasteiger partial charge < -0.3 is 10.3 Å². The Morgan fingerprint density at radius 1 is 1.44 bits per heavy atom. The summed E-state index contributed by atoms with van der Waals surface area (Å²) >= 11 is 5.09. The maximum atomic E-state index is 12.0. The Balaban J connectivity index is 2.40. The number of hydrogen-bond donors (Lipinski definition) is 2. The molecule has 0 bridgehead atoms. The molecule has 18 heavy (non-hydrogen) atoms. The normalized spacial score (nSPS) is 12.1. The lowest BCUT2D eigenvalue weighted by Gasteiger charge is -2.13. The summed E-state index contributed by atoms with van der Waals surface area (Å²) < 4.78 is 0.494. The van der Waals surface area contributed by atoms with Gasteiger partial charge in [-0.15, -0.1) is 0 Å². The second kappa shape index (κ2) is 8.03. The Bertz CT molecular complexity index is 428. The van der Waals surface area contributed by atoms with Crippen LogP contribution in [0, 0.1) is 4.64 Å². The van der Waals surface area contributed by atoms with Crippen molar-refractivity contribution in [2.45, 2.75) is 52.0 Å². The Labute approximate surface area is 114 Å². The van der Waals surface area contributed by atoms with Crippen LogP contribution in [0.15, 0.2) is 18.3 Å². The van der Waals surface area contributed by atoms with Crippen LogP contribution < -0.4 is 5.32 Å². The van der Waals surface area contributed by atoms with Gasteiger partial charge in [0, 0.05) is 12.2 Å². The lowest BCUT2D eigenvalue weighted by molar-refractivity contribution is 0.0937. The second-order valence-corrected chi connectivity index (χ2v) is 5.05. The SMILES string of the molecule is CCCCCC[C@H](C)NC(=O)c1ccc[nH]c1=S. The third-order valence-corrected chi connectivity index (χ3v) is 3.27. The Morgan fingerprint density at radius 2 is 2.22 bits per heavy atom. The molecular formula is C14H22N2OS. The Kier molecular flexibility index (Phi) is 6.65. The average Bonchev–Trinajstić information content (AvgIpc) is 2.35. The number of aromatic nitrogens is 1. The summed E-state index contributed by atoms with van der Waals surface area (Å²) in [6, 6.07) is 3.73. The van der Waals surface area contributed by atoms with Crippen LogP contribution in [-0.4, -0.2) is 16.9 Å². The van der Waals surface area contributed by atoms with Crippen LogP contribution >= 0.6 is 12.2 Å². The summed E-state index contributed by atoms with van der Waals surface area (Å²) in [6.07, 6.45) is 7.66. The maximum Gasteiger partial charge on any atom is 0.254 e. The van der Waals surface area contributed by atoms with Crippen molar-refractivity contribution in [3.8, 4) is 0 Å². The van der Waals surface area contributed by atoms with E-state index in [1.54, 1.807) is 18.3 Å². The van der Waals surface area contributed by atoms with E-state index >= 15 is 0 Å². The van der Waals surface area contributed by atoms with E-state index in [1.807, 2.05) is 6.92 Å². The van der Waals surface area contributed by atoms with E-state index in [0.29, 0.717) is 10.2 Å². The monoisotopic (exact) mass is 266 g/mol. The minimum atomic E-state index is -0.0835. The third kappa shape index (κ3) is 5.00. The molecule has 0 spiro atoms. The summed E-state index contributed by atoms with van der Waals surface area (Å²) in [6.45, 7) is 4.24. The molecule has 3 nitrogen and oxygen atoms in total. The number of aromatic amines is 1. The van der Waals surface area contributed by atoms with Crippen LogP contribution in [0.25, 0.3) is 0 Å². The van der Waals surface area contributed by atoms with E-state index in [9.17, 15) is 4.79 Å². The lowest BCUT2D eigenvalue weighted by Crippen LogP contribution is -2.32. The highest BCUT2D eigenvalue weighted by molar-refractivity contribution is 7.71. The number of carbonyl (C=O) groups is 1. The van der Waals surface area contributed by atoms with Crippen LogP contribution in [0.3, 0.4) is 0 Å². The van der Waals surface area contributed by atoms with Crippen molar-refractivity contribution < 1.29 is 4.79 Å². The Hall–Kier alpha value is -1.16. The van der Waals surface area contributed by atoms with Gasteiger partial charge in [-0.3, -0.25) is 4.79 Å². The molecule has 0 aliphatic heterocycles. The summed E-state index contributed by atoms with van der Waals surface area (Å²) in [7, 11) is 0. The molecule has 1 amide bonds. The zero-order valence-corrected chi connectivity index (χ0v) is 12.0. The fourth-order valence-corrected chi connectivity index (χ4v) is 2.08. The molecule has 2 N–H and O–H groups in total. The number of pyridine rings is 1. The first-order valence-electron chi connectivity index (χ1n) is 6.63. The quantitative estimate of drug-likeness (QED) is 0.582. The van der Waals surface area contributed by atoms with E-state index in [-0.39, 0.29) is 11.9 Å². The van der Waals surface area contributed by atoms with Crippen molar-refractivity contribution in [1.82, 2.24) is 10.3 Å². The minimum absolute atomic E-state index is 0.0835. The van der Waals surface area contributed by atoms with Gasteiger partial charge in [-0.1, -0.05) is 44.8 Å². The second-order valence-electron chi connectivity index (χ2n) is 4.64. The van der Waals surface area contributed by atoms with Gasteiger partial charge in [0.15, 0.2) is 0 Å². The fourth-order valence-electron chi connectivity index (χ4n) is 1.85. The van der Waals surface area contributed by atoms with Gasteiger partial charge in [0.25, 0.3) is 5.91 Å². The predicted octanol–water partition coefficient (Wildman–Crippen LogP) is 3.83. The van der Waals surface area contributed by atoms with Crippen LogP contribution in [-0.2, 0) is 0 Å². The van der Waals surface area contributed by atoms with Gasteiger partial charge in [0.2, 0.25) is 0 Å². The molecule has 4 heteroatoms. The molecular weight excluding hydrogens is 244 g/mol. The van der Waals surface area contributed by atoms with Crippen molar-refractivity contribution >= 4 is 18.1 Å².